The normalized spacial score (nSPS) is 10.0. The van der Waals surface area contributed by atoms with E-state index in [0.29, 0.717) is 0 Å². The van der Waals surface area contributed by atoms with Gasteiger partial charge in [-0.25, -0.2) is 4.98 Å². The minimum atomic E-state index is -0.597. The maximum atomic E-state index is 11.7. The zero-order chi connectivity index (χ0) is 14.4. The summed E-state index contributed by atoms with van der Waals surface area (Å²) in [5, 5.41) is 10.5. The Bertz CT molecular complexity index is 487. The molecule has 0 fully saturated rings. The Morgan fingerprint density at radius 1 is 1.53 bits per heavy atom. The summed E-state index contributed by atoms with van der Waals surface area (Å²) in [5.74, 6) is -0.931. The summed E-state index contributed by atoms with van der Waals surface area (Å²) in [6.45, 7) is 3.18. The van der Waals surface area contributed by atoms with E-state index in [4.69, 9.17) is 4.74 Å². The Balaban J connectivity index is 2.92. The second-order valence-electron chi connectivity index (χ2n) is 3.38. The lowest BCUT2D eigenvalue weighted by Gasteiger charge is -2.17. The van der Waals surface area contributed by atoms with Crippen LogP contribution in [0.5, 0.6) is 0 Å². The predicted octanol–water partition coefficient (Wildman–Crippen LogP) is 1.36. The molecule has 0 aliphatic rings. The van der Waals surface area contributed by atoms with Crippen LogP contribution in [0.3, 0.4) is 0 Å². The molecule has 0 aliphatic carbocycles. The number of carbonyl (C=O) groups is 2. The fourth-order valence-corrected chi connectivity index (χ4v) is 2.00. The van der Waals surface area contributed by atoms with Crippen molar-refractivity contribution in [2.75, 3.05) is 18.1 Å². The number of carbonyl (C=O) groups excluding carboxylic acids is 2. The van der Waals surface area contributed by atoms with Gasteiger partial charge in [0, 0.05) is 6.42 Å². The molecule has 1 heterocycles. The van der Waals surface area contributed by atoms with Gasteiger partial charge in [0.15, 0.2) is 5.13 Å². The molecule has 0 saturated heterocycles. The first kappa shape index (κ1) is 15.0. The zero-order valence-electron chi connectivity index (χ0n) is 10.5. The molecule has 8 nitrogen and oxygen atoms in total. The summed E-state index contributed by atoms with van der Waals surface area (Å²) in [6.07, 6.45) is 1.22. The predicted molar refractivity (Wildman–Crippen MR) is 68.0 cm³/mol. The molecular formula is C10H13N3O5S. The van der Waals surface area contributed by atoms with E-state index in [0.717, 1.165) is 22.4 Å². The molecule has 0 N–H and O–H groups in total. The molecule has 0 aromatic carbocycles. The lowest BCUT2D eigenvalue weighted by atomic mass is 10.4. The number of aromatic nitrogens is 1. The van der Waals surface area contributed by atoms with E-state index in [1.807, 2.05) is 0 Å². The van der Waals surface area contributed by atoms with Gasteiger partial charge in [-0.2, -0.15) is 0 Å². The maximum Gasteiger partial charge on any atom is 0.345 e. The number of ether oxygens (including phenoxy) is 1. The summed E-state index contributed by atoms with van der Waals surface area (Å²) in [7, 11) is 0. The number of nitrogens with zero attached hydrogens (tertiary/aromatic N) is 3. The van der Waals surface area contributed by atoms with Crippen LogP contribution in [-0.2, 0) is 14.3 Å². The first-order valence-electron chi connectivity index (χ1n) is 5.55. The summed E-state index contributed by atoms with van der Waals surface area (Å²) < 4.78 is 4.75. The molecule has 9 heteroatoms. The van der Waals surface area contributed by atoms with E-state index in [1.54, 1.807) is 13.8 Å². The number of nitro groups is 1. The Kier molecular flexibility index (Phi) is 5.37. The van der Waals surface area contributed by atoms with E-state index in [9.17, 15) is 19.7 Å². The van der Waals surface area contributed by atoms with Gasteiger partial charge in [0.05, 0.1) is 11.5 Å². The Morgan fingerprint density at radius 3 is 2.68 bits per heavy atom. The van der Waals surface area contributed by atoms with Crippen LogP contribution in [0, 0.1) is 10.1 Å². The van der Waals surface area contributed by atoms with E-state index in [-0.39, 0.29) is 35.6 Å². The molecule has 104 valence electrons. The third-order valence-electron chi connectivity index (χ3n) is 2.09. The van der Waals surface area contributed by atoms with Crippen LogP contribution in [0.1, 0.15) is 20.3 Å². The minimum Gasteiger partial charge on any atom is -0.465 e. The van der Waals surface area contributed by atoms with Crippen LogP contribution in [0.25, 0.3) is 0 Å². The van der Waals surface area contributed by atoms with Crippen LogP contribution in [-0.4, -0.2) is 34.9 Å². The smallest absolute Gasteiger partial charge is 0.345 e. The van der Waals surface area contributed by atoms with Gasteiger partial charge in [-0.05, 0) is 18.3 Å². The van der Waals surface area contributed by atoms with Crippen molar-refractivity contribution in [3.8, 4) is 0 Å². The molecule has 0 saturated carbocycles. The van der Waals surface area contributed by atoms with Gasteiger partial charge in [0.2, 0.25) is 5.91 Å². The van der Waals surface area contributed by atoms with Crippen LogP contribution in [0.15, 0.2) is 6.20 Å². The van der Waals surface area contributed by atoms with Crippen molar-refractivity contribution in [2.45, 2.75) is 20.3 Å². The van der Waals surface area contributed by atoms with Crippen molar-refractivity contribution < 1.29 is 19.2 Å². The molecule has 1 rings (SSSR count). The van der Waals surface area contributed by atoms with Crippen molar-refractivity contribution in [1.82, 2.24) is 4.98 Å². The van der Waals surface area contributed by atoms with Gasteiger partial charge in [-0.3, -0.25) is 24.6 Å². The number of esters is 1. The molecule has 1 aromatic heterocycles. The molecular weight excluding hydrogens is 274 g/mol. The second-order valence-corrected chi connectivity index (χ2v) is 4.36. The molecule has 0 bridgehead atoms. The van der Waals surface area contributed by atoms with Gasteiger partial charge in [-0.1, -0.05) is 6.92 Å². The van der Waals surface area contributed by atoms with Gasteiger partial charge < -0.3 is 4.74 Å². The van der Waals surface area contributed by atoms with Gasteiger partial charge in [0.1, 0.15) is 12.7 Å². The van der Waals surface area contributed by atoms with Crippen LogP contribution in [0.2, 0.25) is 0 Å². The molecule has 1 aromatic rings. The second kappa shape index (κ2) is 6.78. The van der Waals surface area contributed by atoms with Crippen molar-refractivity contribution >= 4 is 33.3 Å². The molecule has 19 heavy (non-hydrogen) atoms. The van der Waals surface area contributed by atoms with Crippen LogP contribution in [0.4, 0.5) is 10.1 Å². The van der Waals surface area contributed by atoms with Crippen LogP contribution >= 0.6 is 11.3 Å². The molecule has 0 unspecified atom stereocenters. The lowest BCUT2D eigenvalue weighted by molar-refractivity contribution is -0.380. The van der Waals surface area contributed by atoms with Crippen molar-refractivity contribution in [3.63, 3.8) is 0 Å². The molecule has 0 radical (unpaired) electrons. The SMILES string of the molecule is CCOC(=O)CN(C(=O)CC)c1ncc([N+](=O)[O-])s1. The summed E-state index contributed by atoms with van der Waals surface area (Å²) in [5.41, 5.74) is 0. The van der Waals surface area contributed by atoms with Gasteiger partial charge in [0.25, 0.3) is 0 Å². The quantitative estimate of drug-likeness (QED) is 0.444. The monoisotopic (exact) mass is 287 g/mol. The standard InChI is InChI=1S/C10H13N3O5S/c1-3-7(14)12(6-9(15)18-4-2)10-11-5-8(19-10)13(16)17/h5H,3-4,6H2,1-2H3. The van der Waals surface area contributed by atoms with Crippen molar-refractivity contribution in [2.24, 2.45) is 0 Å². The summed E-state index contributed by atoms with van der Waals surface area (Å²) in [6, 6.07) is 0. The molecule has 0 atom stereocenters. The third kappa shape index (κ3) is 3.98. The number of anilines is 1. The highest BCUT2D eigenvalue weighted by Crippen LogP contribution is 2.28. The van der Waals surface area contributed by atoms with Gasteiger partial charge >= 0.3 is 11.0 Å². The lowest BCUT2D eigenvalue weighted by Crippen LogP contribution is -2.36. The number of thiazole rings is 1. The molecule has 0 spiro atoms. The average molecular weight is 287 g/mol. The van der Waals surface area contributed by atoms with Crippen molar-refractivity contribution in [1.29, 1.82) is 0 Å². The number of rotatable bonds is 6. The Labute approximate surface area is 113 Å². The van der Waals surface area contributed by atoms with E-state index >= 15 is 0 Å². The maximum absolute atomic E-state index is 11.7. The Hall–Kier alpha value is -2.03. The van der Waals surface area contributed by atoms with Gasteiger partial charge in [-0.15, -0.1) is 0 Å². The van der Waals surface area contributed by atoms with E-state index in [1.165, 1.54) is 0 Å². The highest BCUT2D eigenvalue weighted by atomic mass is 32.1. The third-order valence-corrected chi connectivity index (χ3v) is 3.06. The first-order chi connectivity index (χ1) is 8.99. The largest absolute Gasteiger partial charge is 0.465 e. The summed E-state index contributed by atoms with van der Waals surface area (Å²) >= 11 is 0.740. The molecule has 0 aliphatic heterocycles. The highest BCUT2D eigenvalue weighted by molar-refractivity contribution is 7.18. The number of hydrogen-bond donors (Lipinski definition) is 0. The minimum absolute atomic E-state index is 0.117. The highest BCUT2D eigenvalue weighted by Gasteiger charge is 2.23. The van der Waals surface area contributed by atoms with Crippen LogP contribution < -0.4 is 4.90 Å². The van der Waals surface area contributed by atoms with Crippen molar-refractivity contribution in [3.05, 3.63) is 16.3 Å². The number of hydrogen-bond acceptors (Lipinski definition) is 7. The first-order valence-corrected chi connectivity index (χ1v) is 6.37. The zero-order valence-corrected chi connectivity index (χ0v) is 11.3. The fourth-order valence-electron chi connectivity index (χ4n) is 1.25. The number of amides is 1. The van der Waals surface area contributed by atoms with E-state index in [2.05, 4.69) is 4.98 Å². The van der Waals surface area contributed by atoms with E-state index < -0.39 is 10.9 Å². The topological polar surface area (TPSA) is 103 Å². The average Bonchev–Trinajstić information content (AvgIpc) is 2.85. The fraction of sp³-hybridized carbons (Fsp3) is 0.500. The summed E-state index contributed by atoms with van der Waals surface area (Å²) in [4.78, 5) is 38.0. The molecule has 1 amide bonds. The Morgan fingerprint density at radius 2 is 2.21 bits per heavy atom.